The number of rotatable bonds is 6. The van der Waals surface area contributed by atoms with E-state index in [0.29, 0.717) is 11.2 Å². The van der Waals surface area contributed by atoms with E-state index in [0.717, 1.165) is 10.9 Å². The minimum Gasteiger partial charge on any atom is -0.348 e. The number of aromatic nitrogens is 3. The largest absolute Gasteiger partial charge is 0.348 e. The van der Waals surface area contributed by atoms with E-state index < -0.39 is 9.84 Å². The number of fused-ring (bicyclic) bond motifs is 1. The molecule has 4 aromatic rings. The molecule has 0 unspecified atom stereocenters. The first-order chi connectivity index (χ1) is 14.9. The molecule has 8 nitrogen and oxygen atoms in total. The molecule has 156 valence electrons. The fraction of sp³-hybridized carbons (Fsp3) is 0.0909. The Labute approximate surface area is 178 Å². The zero-order valence-electron chi connectivity index (χ0n) is 16.5. The molecule has 0 atom stereocenters. The molecule has 9 heteroatoms. The van der Waals surface area contributed by atoms with E-state index in [-0.39, 0.29) is 33.6 Å². The molecular formula is C22H18N4O4S. The summed E-state index contributed by atoms with van der Waals surface area (Å²) in [6.45, 7) is 1.55. The van der Waals surface area contributed by atoms with Gasteiger partial charge in [0.1, 0.15) is 0 Å². The standard InChI is InChI=1S/C22H18N4O4S/c1-14(27)19-4-2-3-5-20(19)31(29,30)18-8-6-15(7-9-18)11-24-22(28)17-10-16-13-25-26-21(16)23-12-17/h2-10,12-13H,11H2,1H3,(H,24,28)(H,23,25,26). The molecule has 0 fully saturated rings. The zero-order chi connectivity index (χ0) is 22.0. The van der Waals surface area contributed by atoms with Crippen LogP contribution in [-0.2, 0) is 16.4 Å². The van der Waals surface area contributed by atoms with Gasteiger partial charge in [-0.05, 0) is 36.8 Å². The van der Waals surface area contributed by atoms with Crippen molar-refractivity contribution in [3.63, 3.8) is 0 Å². The lowest BCUT2D eigenvalue weighted by Gasteiger charge is -2.10. The van der Waals surface area contributed by atoms with Gasteiger partial charge in [0.05, 0.1) is 21.6 Å². The van der Waals surface area contributed by atoms with Crippen molar-refractivity contribution in [2.24, 2.45) is 0 Å². The van der Waals surface area contributed by atoms with Crippen molar-refractivity contribution in [2.75, 3.05) is 0 Å². The van der Waals surface area contributed by atoms with Crippen LogP contribution in [-0.4, -0.2) is 35.3 Å². The lowest BCUT2D eigenvalue weighted by molar-refractivity contribution is 0.0949. The Hall–Kier alpha value is -3.85. The van der Waals surface area contributed by atoms with Crippen molar-refractivity contribution in [3.8, 4) is 0 Å². The zero-order valence-corrected chi connectivity index (χ0v) is 17.3. The van der Waals surface area contributed by atoms with Crippen LogP contribution in [0.1, 0.15) is 33.2 Å². The van der Waals surface area contributed by atoms with Crippen LogP contribution in [0.2, 0.25) is 0 Å². The second-order valence-electron chi connectivity index (χ2n) is 6.91. The van der Waals surface area contributed by atoms with Crippen LogP contribution in [0.25, 0.3) is 11.0 Å². The second kappa shape index (κ2) is 8.11. The van der Waals surface area contributed by atoms with Gasteiger partial charge in [0, 0.05) is 23.7 Å². The van der Waals surface area contributed by atoms with E-state index in [4.69, 9.17) is 0 Å². The van der Waals surface area contributed by atoms with E-state index in [2.05, 4.69) is 20.5 Å². The number of sulfone groups is 1. The topological polar surface area (TPSA) is 122 Å². The fourth-order valence-corrected chi connectivity index (χ4v) is 4.66. The molecule has 31 heavy (non-hydrogen) atoms. The maximum Gasteiger partial charge on any atom is 0.253 e. The van der Waals surface area contributed by atoms with Gasteiger partial charge >= 0.3 is 0 Å². The summed E-state index contributed by atoms with van der Waals surface area (Å²) >= 11 is 0. The number of aromatic amines is 1. The van der Waals surface area contributed by atoms with Crippen molar-refractivity contribution in [3.05, 3.63) is 83.7 Å². The lowest BCUT2D eigenvalue weighted by atomic mass is 10.1. The molecule has 2 aromatic carbocycles. The quantitative estimate of drug-likeness (QED) is 0.450. The van der Waals surface area contributed by atoms with Gasteiger partial charge in [-0.3, -0.25) is 14.7 Å². The Morgan fingerprint density at radius 3 is 2.52 bits per heavy atom. The van der Waals surface area contributed by atoms with E-state index in [1.807, 2.05) is 0 Å². The Bertz CT molecular complexity index is 1390. The predicted molar refractivity (Wildman–Crippen MR) is 113 cm³/mol. The van der Waals surface area contributed by atoms with E-state index in [9.17, 15) is 18.0 Å². The summed E-state index contributed by atoms with van der Waals surface area (Å²) in [5, 5.41) is 10.1. The predicted octanol–water partition coefficient (Wildman–Crippen LogP) is 2.92. The third-order valence-corrected chi connectivity index (χ3v) is 6.62. The minimum absolute atomic E-state index is 0.0225. The Morgan fingerprint density at radius 1 is 1.03 bits per heavy atom. The summed E-state index contributed by atoms with van der Waals surface area (Å²) in [6, 6.07) is 14.0. The Kier molecular flexibility index (Phi) is 5.35. The first-order valence-electron chi connectivity index (χ1n) is 9.37. The number of Topliss-reactive ketones (excluding diaryl/α,β-unsaturated/α-hetero) is 1. The number of benzene rings is 2. The molecule has 4 rings (SSSR count). The third kappa shape index (κ3) is 4.08. The van der Waals surface area contributed by atoms with Crippen molar-refractivity contribution in [1.29, 1.82) is 0 Å². The number of carbonyl (C=O) groups excluding carboxylic acids is 2. The van der Waals surface area contributed by atoms with Crippen molar-refractivity contribution >= 4 is 32.6 Å². The highest BCUT2D eigenvalue weighted by Gasteiger charge is 2.22. The lowest BCUT2D eigenvalue weighted by Crippen LogP contribution is -2.22. The van der Waals surface area contributed by atoms with Gasteiger partial charge in [-0.2, -0.15) is 5.10 Å². The van der Waals surface area contributed by atoms with Crippen LogP contribution in [0.5, 0.6) is 0 Å². The molecule has 0 bridgehead atoms. The molecule has 0 aliphatic heterocycles. The monoisotopic (exact) mass is 434 g/mol. The summed E-state index contributed by atoms with van der Waals surface area (Å²) < 4.78 is 25.9. The van der Waals surface area contributed by atoms with Gasteiger partial charge in [-0.25, -0.2) is 13.4 Å². The normalized spacial score (nSPS) is 11.4. The van der Waals surface area contributed by atoms with Gasteiger partial charge < -0.3 is 5.32 Å². The number of nitrogens with zero attached hydrogens (tertiary/aromatic N) is 2. The Morgan fingerprint density at radius 2 is 1.77 bits per heavy atom. The van der Waals surface area contributed by atoms with Crippen molar-refractivity contribution in [1.82, 2.24) is 20.5 Å². The first kappa shape index (κ1) is 20.4. The van der Waals surface area contributed by atoms with Gasteiger partial charge in [-0.1, -0.05) is 30.3 Å². The summed E-state index contributed by atoms with van der Waals surface area (Å²) in [7, 11) is -3.85. The van der Waals surface area contributed by atoms with Crippen LogP contribution in [0, 0.1) is 0 Å². The van der Waals surface area contributed by atoms with Crippen LogP contribution >= 0.6 is 0 Å². The number of pyridine rings is 1. The molecule has 0 radical (unpaired) electrons. The van der Waals surface area contributed by atoms with Crippen LogP contribution in [0.15, 0.2) is 76.8 Å². The molecule has 1 amide bonds. The van der Waals surface area contributed by atoms with E-state index in [1.54, 1.807) is 36.5 Å². The van der Waals surface area contributed by atoms with Crippen LogP contribution in [0.4, 0.5) is 0 Å². The van der Waals surface area contributed by atoms with Crippen LogP contribution in [0.3, 0.4) is 0 Å². The van der Waals surface area contributed by atoms with Crippen molar-refractivity contribution < 1.29 is 18.0 Å². The maximum absolute atomic E-state index is 13.0. The number of ketones is 1. The number of hydrogen-bond donors (Lipinski definition) is 2. The number of nitrogens with one attached hydrogen (secondary N) is 2. The SMILES string of the molecule is CC(=O)c1ccccc1S(=O)(=O)c1ccc(CNC(=O)c2cnc3[nH]ncc3c2)cc1. The molecule has 0 saturated carbocycles. The average Bonchev–Trinajstić information content (AvgIpc) is 3.25. The number of H-pyrrole nitrogens is 1. The molecule has 2 heterocycles. The summed E-state index contributed by atoms with van der Waals surface area (Å²) in [5.41, 5.74) is 1.88. The summed E-state index contributed by atoms with van der Waals surface area (Å²) in [4.78, 5) is 28.4. The van der Waals surface area contributed by atoms with Crippen molar-refractivity contribution in [2.45, 2.75) is 23.3 Å². The smallest absolute Gasteiger partial charge is 0.253 e. The average molecular weight is 434 g/mol. The number of carbonyl (C=O) groups is 2. The number of amides is 1. The highest BCUT2D eigenvalue weighted by atomic mass is 32.2. The fourth-order valence-electron chi connectivity index (χ4n) is 3.15. The summed E-state index contributed by atoms with van der Waals surface area (Å²) in [5.74, 6) is -0.621. The number of hydrogen-bond acceptors (Lipinski definition) is 6. The molecule has 2 N–H and O–H groups in total. The summed E-state index contributed by atoms with van der Waals surface area (Å²) in [6.07, 6.45) is 3.04. The molecule has 0 spiro atoms. The third-order valence-electron chi connectivity index (χ3n) is 4.80. The molecular weight excluding hydrogens is 416 g/mol. The van der Waals surface area contributed by atoms with E-state index >= 15 is 0 Å². The molecule has 0 aliphatic carbocycles. The minimum atomic E-state index is -3.85. The highest BCUT2D eigenvalue weighted by molar-refractivity contribution is 7.91. The van der Waals surface area contributed by atoms with Gasteiger partial charge in [0.25, 0.3) is 5.91 Å². The molecule has 0 aliphatic rings. The molecule has 0 saturated heterocycles. The maximum atomic E-state index is 13.0. The Balaban J connectivity index is 1.49. The van der Waals surface area contributed by atoms with Gasteiger partial charge in [-0.15, -0.1) is 0 Å². The second-order valence-corrected chi connectivity index (χ2v) is 8.83. The molecule has 2 aromatic heterocycles. The van der Waals surface area contributed by atoms with Gasteiger partial charge in [0.2, 0.25) is 9.84 Å². The highest BCUT2D eigenvalue weighted by Crippen LogP contribution is 2.25. The van der Waals surface area contributed by atoms with Crippen LogP contribution < -0.4 is 5.32 Å². The van der Waals surface area contributed by atoms with E-state index in [1.165, 1.54) is 37.4 Å². The first-order valence-corrected chi connectivity index (χ1v) is 10.9. The van der Waals surface area contributed by atoms with Gasteiger partial charge in [0.15, 0.2) is 11.4 Å².